The lowest BCUT2D eigenvalue weighted by atomic mass is 9.80. The molecule has 0 amide bonds. The fourth-order valence-corrected chi connectivity index (χ4v) is 9.40. The number of carbonyl (C=O) groups is 6. The number of rotatable bonds is 2. The van der Waals surface area contributed by atoms with Crippen LogP contribution in [0.25, 0.3) is 33.4 Å². The van der Waals surface area contributed by atoms with Crippen LogP contribution in [-0.2, 0) is 28.4 Å². The minimum Gasteiger partial charge on any atom is -0.504 e. The number of benzene rings is 6. The maximum atomic E-state index is 15.4. The first kappa shape index (κ1) is 50.1. The second-order valence-corrected chi connectivity index (χ2v) is 17.3. The highest BCUT2D eigenvalue weighted by molar-refractivity contribution is 6.16. The molecule has 4 bridgehead atoms. The minimum atomic E-state index is -3.02. The van der Waals surface area contributed by atoms with Crippen LogP contribution in [0.3, 0.4) is 0 Å². The number of hydrogen-bond acceptors (Lipinski definition) is 30. The van der Waals surface area contributed by atoms with Gasteiger partial charge < -0.3 is 120 Å². The summed E-state index contributed by atoms with van der Waals surface area (Å²) < 4.78 is 34.1. The maximum absolute atomic E-state index is 15.4. The molecular formula is C48H30O30. The van der Waals surface area contributed by atoms with Gasteiger partial charge in [0.05, 0.1) is 38.9 Å². The predicted octanol–water partition coefficient (Wildman–Crippen LogP) is 2.30. The van der Waals surface area contributed by atoms with E-state index in [0.717, 1.165) is 0 Å². The highest BCUT2D eigenvalue weighted by Crippen LogP contribution is 2.62. The Morgan fingerprint density at radius 2 is 0.731 bits per heavy atom. The molecule has 0 fully saturated rings. The number of cyclic esters (lactones) is 1. The van der Waals surface area contributed by atoms with Gasteiger partial charge in [-0.1, -0.05) is 0 Å². The average molecular weight is 1090 g/mol. The van der Waals surface area contributed by atoms with Gasteiger partial charge in [0.1, 0.15) is 6.61 Å². The molecule has 6 aromatic carbocycles. The van der Waals surface area contributed by atoms with Gasteiger partial charge in [0.25, 0.3) is 0 Å². The van der Waals surface area contributed by atoms with Crippen molar-refractivity contribution in [2.45, 2.75) is 30.5 Å². The van der Waals surface area contributed by atoms with Crippen molar-refractivity contribution in [1.82, 2.24) is 0 Å². The third kappa shape index (κ3) is 6.96. The van der Waals surface area contributed by atoms with Gasteiger partial charge in [-0.25, -0.2) is 28.8 Å². The molecule has 0 aromatic heterocycles. The molecule has 18 N–H and O–H groups in total. The molecule has 4 aliphatic heterocycles. The third-order valence-corrected chi connectivity index (χ3v) is 13.0. The van der Waals surface area contributed by atoms with Crippen LogP contribution in [0.15, 0.2) is 30.3 Å². The number of fused-ring (bicyclic) bond motifs is 13. The second-order valence-electron chi connectivity index (χ2n) is 17.3. The Hall–Kier alpha value is -11.5. The predicted molar refractivity (Wildman–Crippen MR) is 241 cm³/mol. The van der Waals surface area contributed by atoms with Gasteiger partial charge in [-0.2, -0.15) is 0 Å². The molecule has 0 saturated carbocycles. The molecule has 10 rings (SSSR count). The molecule has 30 nitrogen and oxygen atoms in total. The Morgan fingerprint density at radius 3 is 1.24 bits per heavy atom. The zero-order chi connectivity index (χ0) is 56.7. The van der Waals surface area contributed by atoms with Crippen molar-refractivity contribution in [2.75, 3.05) is 6.61 Å². The van der Waals surface area contributed by atoms with Gasteiger partial charge >= 0.3 is 35.8 Å². The highest BCUT2D eigenvalue weighted by atomic mass is 16.7. The summed E-state index contributed by atoms with van der Waals surface area (Å²) in [6, 6.07) is 1.86. The molecule has 78 heavy (non-hydrogen) atoms. The van der Waals surface area contributed by atoms with Crippen LogP contribution < -0.4 is 0 Å². The monoisotopic (exact) mass is 1090 g/mol. The zero-order valence-corrected chi connectivity index (χ0v) is 37.9. The van der Waals surface area contributed by atoms with E-state index in [9.17, 15) is 116 Å². The molecule has 0 saturated heterocycles. The SMILES string of the molecule is O=C(O[C@@H]1c2c(O)c(O)c(O)c3c2C(=O)OC1[C@@H]1OC(=O)c2c(c(O)c(O)c(O)c2-3)-c2c(cc(O)c(O)c2O)C(=O)O[C@H]2COC(=O)c3cc(O)c(O)c(O)c3-c3c(cc(O)c(O)c3O)C(=O)O[C@@H]21)c1cc(O)c(O)c(O)c1. The van der Waals surface area contributed by atoms with E-state index in [4.69, 9.17) is 28.4 Å². The smallest absolute Gasteiger partial charge is 0.340 e. The van der Waals surface area contributed by atoms with Crippen LogP contribution in [0, 0.1) is 0 Å². The van der Waals surface area contributed by atoms with Crippen LogP contribution in [0.2, 0.25) is 0 Å². The standard InChI is InChI=1S/C48H30O30/c49-11-1-7(2-12(50)26(11)54)43(67)76-40-25-24-22(35(63)38(66)36(25)64)21-23-20(33(61)37(65)34(21)62)19-10(5-15(53)29(57)32(19)60)45(69)74-16-6-73-44(68)8-3-13(51)27(55)30(58)17(8)18-9(4-14(52)28(56)31(18)59)46(70)75-39(16)41(77-47(23)71)42(40)78-48(24)72/h1-5,16,39-42,49-66H,6H2/t16-,39-,40+,41+,42?/m0/s1. The first-order chi connectivity index (χ1) is 36.7. The molecule has 5 atom stereocenters. The van der Waals surface area contributed by atoms with Crippen molar-refractivity contribution >= 4 is 35.8 Å². The van der Waals surface area contributed by atoms with Gasteiger partial charge in [0.15, 0.2) is 105 Å². The molecule has 402 valence electrons. The van der Waals surface area contributed by atoms with Crippen molar-refractivity contribution < 1.29 is 149 Å². The molecule has 1 unspecified atom stereocenters. The third-order valence-electron chi connectivity index (χ3n) is 13.0. The van der Waals surface area contributed by atoms with Crippen LogP contribution >= 0.6 is 0 Å². The summed E-state index contributed by atoms with van der Waals surface area (Å²) in [5.74, 6) is -39.3. The van der Waals surface area contributed by atoms with E-state index < -0.39 is 249 Å². The van der Waals surface area contributed by atoms with Crippen molar-refractivity contribution in [3.05, 3.63) is 69.3 Å². The number of phenols is 18. The largest absolute Gasteiger partial charge is 0.504 e. The zero-order valence-electron chi connectivity index (χ0n) is 37.9. The van der Waals surface area contributed by atoms with Gasteiger partial charge in [0, 0.05) is 33.4 Å². The van der Waals surface area contributed by atoms with E-state index in [-0.39, 0.29) is 12.1 Å². The van der Waals surface area contributed by atoms with Crippen LogP contribution in [0.4, 0.5) is 0 Å². The lowest BCUT2D eigenvalue weighted by Crippen LogP contribution is -2.56. The molecule has 6 aromatic rings. The van der Waals surface area contributed by atoms with E-state index in [0.29, 0.717) is 18.2 Å². The number of ether oxygens (including phenoxy) is 6. The summed E-state index contributed by atoms with van der Waals surface area (Å²) in [6.07, 6.45) is -14.4. The van der Waals surface area contributed by atoms with E-state index in [1.54, 1.807) is 0 Å². The summed E-state index contributed by atoms with van der Waals surface area (Å²) in [5, 5.41) is 199. The molecular weight excluding hydrogens is 1060 g/mol. The normalized spacial score (nSPS) is 19.2. The lowest BCUT2D eigenvalue weighted by molar-refractivity contribution is -0.155. The van der Waals surface area contributed by atoms with Gasteiger partial charge in [0.2, 0.25) is 28.7 Å². The number of aromatic hydroxyl groups is 18. The Labute approximate surface area is 427 Å². The fraction of sp³-hybridized carbons (Fsp3) is 0.125. The Balaban J connectivity index is 1.36. The highest BCUT2D eigenvalue weighted by Gasteiger charge is 2.57. The number of carbonyl (C=O) groups excluding carboxylic acids is 6. The number of phenolic OH excluding ortho intramolecular Hbond substituents is 18. The summed E-state index contributed by atoms with van der Waals surface area (Å²) in [6.45, 7) is -1.63. The first-order valence-electron chi connectivity index (χ1n) is 21.6. The lowest BCUT2D eigenvalue weighted by Gasteiger charge is -2.41. The molecule has 4 heterocycles. The first-order valence-corrected chi connectivity index (χ1v) is 21.6. The van der Waals surface area contributed by atoms with Crippen LogP contribution in [0.1, 0.15) is 73.8 Å². The summed E-state index contributed by atoms with van der Waals surface area (Å²) >= 11 is 0. The van der Waals surface area contributed by atoms with Crippen LogP contribution in [-0.4, -0.2) is 159 Å². The Kier molecular flexibility index (Phi) is 10.9. The van der Waals surface area contributed by atoms with Gasteiger partial charge in [-0.3, -0.25) is 0 Å². The summed E-state index contributed by atoms with van der Waals surface area (Å²) in [7, 11) is 0. The summed E-state index contributed by atoms with van der Waals surface area (Å²) in [4.78, 5) is 88.5. The quantitative estimate of drug-likeness (QED) is 0.0672. The van der Waals surface area contributed by atoms with Crippen molar-refractivity contribution in [1.29, 1.82) is 0 Å². The van der Waals surface area contributed by atoms with Crippen LogP contribution in [0.5, 0.6) is 103 Å². The molecule has 0 aliphatic carbocycles. The van der Waals surface area contributed by atoms with Crippen molar-refractivity contribution in [3.63, 3.8) is 0 Å². The second kappa shape index (κ2) is 17.0. The van der Waals surface area contributed by atoms with Gasteiger partial charge in [-0.05, 0) is 30.3 Å². The Bertz CT molecular complexity index is 3800. The van der Waals surface area contributed by atoms with Crippen molar-refractivity contribution in [2.24, 2.45) is 0 Å². The molecule has 30 heteroatoms. The van der Waals surface area contributed by atoms with E-state index >= 15 is 4.79 Å². The van der Waals surface area contributed by atoms with Gasteiger partial charge in [-0.15, -0.1) is 0 Å². The van der Waals surface area contributed by atoms with E-state index in [1.165, 1.54) is 0 Å². The fourth-order valence-electron chi connectivity index (χ4n) is 9.40. The maximum Gasteiger partial charge on any atom is 0.340 e. The Morgan fingerprint density at radius 1 is 0.359 bits per heavy atom. The summed E-state index contributed by atoms with van der Waals surface area (Å²) in [5.41, 5.74) is -17.1. The number of hydrogen-bond donors (Lipinski definition) is 18. The topological polar surface area (TPSA) is 522 Å². The molecule has 0 spiro atoms. The van der Waals surface area contributed by atoms with Crippen molar-refractivity contribution in [3.8, 4) is 137 Å². The van der Waals surface area contributed by atoms with E-state index in [1.807, 2.05) is 0 Å². The molecule has 4 aliphatic rings. The molecule has 0 radical (unpaired) electrons. The van der Waals surface area contributed by atoms with E-state index in [2.05, 4.69) is 0 Å². The number of esters is 6. The average Bonchev–Trinajstić information content (AvgIpc) is 3.64. The minimum absolute atomic E-state index is 0.272.